The highest BCUT2D eigenvalue weighted by molar-refractivity contribution is 5.93. The van der Waals surface area contributed by atoms with Crippen LogP contribution in [0.1, 0.15) is 41.9 Å². The van der Waals surface area contributed by atoms with Crippen LogP contribution < -0.4 is 10.6 Å². The number of carbonyl (C=O) groups excluding carboxylic acids is 1. The first-order valence-corrected chi connectivity index (χ1v) is 7.20. The molecule has 3 rings (SSSR count). The van der Waals surface area contributed by atoms with Crippen molar-refractivity contribution < 1.29 is 9.21 Å². The number of carbonyl (C=O) groups is 1. The highest BCUT2D eigenvalue weighted by atomic mass is 16.3. The van der Waals surface area contributed by atoms with Gasteiger partial charge in [-0.2, -0.15) is 0 Å². The van der Waals surface area contributed by atoms with E-state index in [1.807, 2.05) is 12.1 Å². The van der Waals surface area contributed by atoms with Gasteiger partial charge in [0.1, 0.15) is 23.6 Å². The molecule has 110 valence electrons. The fraction of sp³-hybridized carbons (Fsp3) is 0.400. The molecule has 1 fully saturated rings. The summed E-state index contributed by atoms with van der Waals surface area (Å²) in [6.07, 6.45) is 7.50. The normalized spacial score (nSPS) is 15.0. The zero-order chi connectivity index (χ0) is 14.5. The number of hydrogen-bond donors (Lipinski definition) is 2. The van der Waals surface area contributed by atoms with Crippen molar-refractivity contribution in [3.8, 4) is 0 Å². The first kappa shape index (κ1) is 13.6. The summed E-state index contributed by atoms with van der Waals surface area (Å²) >= 11 is 0. The van der Waals surface area contributed by atoms with Crippen LogP contribution in [0, 0.1) is 0 Å². The van der Waals surface area contributed by atoms with Crippen LogP contribution in [0.3, 0.4) is 0 Å². The Morgan fingerprint density at radius 2 is 2.19 bits per heavy atom. The average molecular weight is 286 g/mol. The Bertz CT molecular complexity index is 591. The molecule has 1 aliphatic carbocycles. The van der Waals surface area contributed by atoms with Crippen LogP contribution in [0.5, 0.6) is 0 Å². The zero-order valence-corrected chi connectivity index (χ0v) is 11.7. The van der Waals surface area contributed by atoms with Crippen LogP contribution in [0.15, 0.2) is 35.2 Å². The van der Waals surface area contributed by atoms with E-state index in [9.17, 15) is 4.79 Å². The number of nitrogens with one attached hydrogen (secondary N) is 2. The van der Waals surface area contributed by atoms with Crippen molar-refractivity contribution in [1.29, 1.82) is 0 Å². The molecular weight excluding hydrogens is 268 g/mol. The van der Waals surface area contributed by atoms with Crippen LogP contribution in [0.4, 0.5) is 5.82 Å². The van der Waals surface area contributed by atoms with E-state index in [1.165, 1.54) is 19.2 Å². The molecule has 1 aliphatic rings. The third-order valence-corrected chi connectivity index (χ3v) is 3.61. The predicted molar refractivity (Wildman–Crippen MR) is 77.8 cm³/mol. The van der Waals surface area contributed by atoms with Gasteiger partial charge in [-0.05, 0) is 25.0 Å². The molecule has 21 heavy (non-hydrogen) atoms. The van der Waals surface area contributed by atoms with Crippen molar-refractivity contribution in [2.75, 3.05) is 5.32 Å². The monoisotopic (exact) mass is 286 g/mol. The van der Waals surface area contributed by atoms with Crippen molar-refractivity contribution in [2.24, 2.45) is 0 Å². The van der Waals surface area contributed by atoms with Crippen LogP contribution in [0.2, 0.25) is 0 Å². The number of nitrogens with zero attached hydrogens (tertiary/aromatic N) is 2. The first-order chi connectivity index (χ1) is 10.3. The van der Waals surface area contributed by atoms with E-state index < -0.39 is 0 Å². The molecule has 0 bridgehead atoms. The number of furan rings is 1. The largest absolute Gasteiger partial charge is 0.467 e. The second-order valence-electron chi connectivity index (χ2n) is 5.18. The maximum Gasteiger partial charge on any atom is 0.270 e. The van der Waals surface area contributed by atoms with Gasteiger partial charge in [-0.1, -0.05) is 12.8 Å². The van der Waals surface area contributed by atoms with Crippen molar-refractivity contribution in [1.82, 2.24) is 15.3 Å². The molecule has 0 aromatic carbocycles. The van der Waals surface area contributed by atoms with Gasteiger partial charge in [-0.25, -0.2) is 9.97 Å². The Labute approximate surface area is 123 Å². The number of amides is 1. The standard InChI is InChI=1S/C15H18N4O2/c20-15(19-11-4-1-2-5-11)13-8-14(18-10-17-13)16-9-12-6-3-7-21-12/h3,6-8,10-11H,1-2,4-5,9H2,(H,19,20)(H,16,17,18). The SMILES string of the molecule is O=C(NC1CCCC1)c1cc(NCc2ccco2)ncn1. The zero-order valence-electron chi connectivity index (χ0n) is 11.7. The lowest BCUT2D eigenvalue weighted by atomic mass is 10.2. The fourth-order valence-corrected chi connectivity index (χ4v) is 2.50. The van der Waals surface area contributed by atoms with E-state index in [4.69, 9.17) is 4.42 Å². The summed E-state index contributed by atoms with van der Waals surface area (Å²) in [6, 6.07) is 5.65. The van der Waals surface area contributed by atoms with E-state index in [1.54, 1.807) is 12.3 Å². The minimum absolute atomic E-state index is 0.134. The van der Waals surface area contributed by atoms with Gasteiger partial charge in [0.15, 0.2) is 0 Å². The molecule has 1 amide bonds. The fourth-order valence-electron chi connectivity index (χ4n) is 2.50. The number of rotatable bonds is 5. The summed E-state index contributed by atoms with van der Waals surface area (Å²) < 4.78 is 5.24. The Balaban J connectivity index is 1.60. The van der Waals surface area contributed by atoms with Crippen molar-refractivity contribution in [3.05, 3.63) is 42.2 Å². The molecule has 6 nitrogen and oxygen atoms in total. The lowest BCUT2D eigenvalue weighted by Gasteiger charge is -2.11. The van der Waals surface area contributed by atoms with Crippen LogP contribution >= 0.6 is 0 Å². The molecule has 1 saturated carbocycles. The third-order valence-electron chi connectivity index (χ3n) is 3.61. The first-order valence-electron chi connectivity index (χ1n) is 7.20. The molecule has 2 aromatic heterocycles. The molecule has 0 spiro atoms. The van der Waals surface area contributed by atoms with Gasteiger partial charge in [0, 0.05) is 12.1 Å². The third kappa shape index (κ3) is 3.59. The molecule has 0 atom stereocenters. The summed E-state index contributed by atoms with van der Waals surface area (Å²) in [5.74, 6) is 1.29. The lowest BCUT2D eigenvalue weighted by Crippen LogP contribution is -2.33. The molecule has 0 radical (unpaired) electrons. The molecule has 0 saturated heterocycles. The van der Waals surface area contributed by atoms with E-state index in [0.717, 1.165) is 18.6 Å². The van der Waals surface area contributed by atoms with Crippen LogP contribution in [0.25, 0.3) is 0 Å². The Kier molecular flexibility index (Phi) is 4.14. The summed E-state index contributed by atoms with van der Waals surface area (Å²) in [5.41, 5.74) is 0.388. The Morgan fingerprint density at radius 3 is 2.95 bits per heavy atom. The van der Waals surface area contributed by atoms with Crippen LogP contribution in [-0.2, 0) is 6.54 Å². The summed E-state index contributed by atoms with van der Waals surface area (Å²) in [5, 5.41) is 6.13. The van der Waals surface area contributed by atoms with Gasteiger partial charge in [0.2, 0.25) is 0 Å². The molecule has 6 heteroatoms. The van der Waals surface area contributed by atoms with E-state index in [-0.39, 0.29) is 11.9 Å². The van der Waals surface area contributed by atoms with Crippen molar-refractivity contribution >= 4 is 11.7 Å². The second-order valence-corrected chi connectivity index (χ2v) is 5.18. The highest BCUT2D eigenvalue weighted by Gasteiger charge is 2.18. The van der Waals surface area contributed by atoms with Gasteiger partial charge in [0.25, 0.3) is 5.91 Å². The maximum absolute atomic E-state index is 12.1. The van der Waals surface area contributed by atoms with Crippen LogP contribution in [-0.4, -0.2) is 21.9 Å². The van der Waals surface area contributed by atoms with Gasteiger partial charge >= 0.3 is 0 Å². The summed E-state index contributed by atoms with van der Waals surface area (Å²) in [7, 11) is 0. The predicted octanol–water partition coefficient (Wildman–Crippen LogP) is 2.35. The topological polar surface area (TPSA) is 80.0 Å². The molecule has 2 N–H and O–H groups in total. The quantitative estimate of drug-likeness (QED) is 0.882. The number of anilines is 1. The molecule has 2 heterocycles. The second kappa shape index (κ2) is 6.39. The molecule has 0 unspecified atom stereocenters. The lowest BCUT2D eigenvalue weighted by molar-refractivity contribution is 0.0932. The summed E-state index contributed by atoms with van der Waals surface area (Å²) in [6.45, 7) is 0.522. The van der Waals surface area contributed by atoms with Crippen molar-refractivity contribution in [3.63, 3.8) is 0 Å². The number of hydrogen-bond acceptors (Lipinski definition) is 5. The molecule has 2 aromatic rings. The van der Waals surface area contributed by atoms with E-state index in [2.05, 4.69) is 20.6 Å². The van der Waals surface area contributed by atoms with Crippen molar-refractivity contribution in [2.45, 2.75) is 38.3 Å². The molecule has 0 aliphatic heterocycles. The van der Waals surface area contributed by atoms with Gasteiger partial charge in [-0.15, -0.1) is 0 Å². The highest BCUT2D eigenvalue weighted by Crippen LogP contribution is 2.18. The smallest absolute Gasteiger partial charge is 0.270 e. The molecular formula is C15H18N4O2. The van der Waals surface area contributed by atoms with E-state index >= 15 is 0 Å². The van der Waals surface area contributed by atoms with Gasteiger partial charge in [-0.3, -0.25) is 4.79 Å². The summed E-state index contributed by atoms with van der Waals surface area (Å²) in [4.78, 5) is 20.3. The minimum Gasteiger partial charge on any atom is -0.467 e. The minimum atomic E-state index is -0.134. The Morgan fingerprint density at radius 1 is 1.33 bits per heavy atom. The van der Waals surface area contributed by atoms with Gasteiger partial charge < -0.3 is 15.1 Å². The van der Waals surface area contributed by atoms with E-state index in [0.29, 0.717) is 18.1 Å². The average Bonchev–Trinajstić information content (AvgIpc) is 3.19. The maximum atomic E-state index is 12.1. The Hall–Kier alpha value is -2.37. The number of aromatic nitrogens is 2. The van der Waals surface area contributed by atoms with Gasteiger partial charge in [0.05, 0.1) is 12.8 Å².